The molecule has 0 radical (unpaired) electrons. The highest BCUT2D eigenvalue weighted by Gasteiger charge is 2.26. The molecule has 0 aliphatic carbocycles. The first-order chi connectivity index (χ1) is 22.8. The fraction of sp³-hybridized carbons (Fsp3) is 0.257. The molecular formula is C35H29F5N4O4. The Hall–Kier alpha value is -5.35. The van der Waals surface area contributed by atoms with E-state index in [1.807, 2.05) is 0 Å². The Labute approximate surface area is 272 Å². The number of methoxy groups -OCH3 is 1. The van der Waals surface area contributed by atoms with Gasteiger partial charge < -0.3 is 18.8 Å². The van der Waals surface area contributed by atoms with Gasteiger partial charge in [0.05, 0.1) is 35.0 Å². The van der Waals surface area contributed by atoms with Crippen molar-refractivity contribution in [3.05, 3.63) is 112 Å². The molecule has 5 rings (SSSR count). The molecule has 0 aliphatic rings. The van der Waals surface area contributed by atoms with Gasteiger partial charge in [0, 0.05) is 31.2 Å². The van der Waals surface area contributed by atoms with Gasteiger partial charge >= 0.3 is 5.97 Å². The van der Waals surface area contributed by atoms with Crippen LogP contribution in [-0.4, -0.2) is 39.8 Å². The van der Waals surface area contributed by atoms with E-state index in [9.17, 15) is 13.6 Å². The molecule has 3 aromatic carbocycles. The highest BCUT2D eigenvalue weighted by Crippen LogP contribution is 2.30. The normalized spacial score (nSPS) is 11.5. The number of imidazole rings is 1. The van der Waals surface area contributed by atoms with Crippen LogP contribution in [0.4, 0.5) is 22.0 Å². The number of carbonyl (C=O) groups excluding carboxylic acids is 1. The molecule has 0 fully saturated rings. The lowest BCUT2D eigenvalue weighted by molar-refractivity contribution is 0.00649. The summed E-state index contributed by atoms with van der Waals surface area (Å²) in [6.07, 6.45) is -0.260. The topological polar surface area (TPSA) is 99.3 Å². The predicted octanol–water partition coefficient (Wildman–Crippen LogP) is 7.44. The summed E-state index contributed by atoms with van der Waals surface area (Å²) >= 11 is 0. The fourth-order valence-corrected chi connectivity index (χ4v) is 4.92. The number of benzene rings is 3. The molecule has 0 atom stereocenters. The van der Waals surface area contributed by atoms with Crippen molar-refractivity contribution in [1.29, 1.82) is 5.26 Å². The van der Waals surface area contributed by atoms with Crippen LogP contribution in [0, 0.1) is 40.4 Å². The number of hydrogen-bond donors (Lipinski definition) is 0. The SMILES string of the molecule is COCCn1c(Cc2cc(F)c(-c3ccc(F)c(OCc4ccc(C#N)cc4F)n3)cc2F)nc2ccc(C(=O)OC(C)(C)C)c(F)c21. The summed E-state index contributed by atoms with van der Waals surface area (Å²) in [5, 5.41) is 8.90. The van der Waals surface area contributed by atoms with E-state index >= 15 is 13.2 Å². The molecule has 2 heterocycles. The zero-order valence-corrected chi connectivity index (χ0v) is 26.3. The van der Waals surface area contributed by atoms with Crippen LogP contribution in [0.25, 0.3) is 22.3 Å². The van der Waals surface area contributed by atoms with Crippen molar-refractivity contribution in [2.45, 2.75) is 45.9 Å². The van der Waals surface area contributed by atoms with Gasteiger partial charge in [-0.3, -0.25) is 0 Å². The maximum Gasteiger partial charge on any atom is 0.341 e. The standard InChI is InChI=1S/C35H29F5N4O4/c1-35(2,3)48-34(45)22-7-9-29-32(31(22)40)44(11-12-46-4)30(42-29)15-21-14-27(39)23(16-26(21)38)28-10-8-24(36)33(43-28)47-18-20-6-5-19(17-41)13-25(20)37/h5-10,13-14,16H,11-12,15,18H2,1-4H3. The lowest BCUT2D eigenvalue weighted by Gasteiger charge is -2.19. The summed E-state index contributed by atoms with van der Waals surface area (Å²) in [5.74, 6) is -5.53. The van der Waals surface area contributed by atoms with Gasteiger partial charge in [-0.05, 0) is 74.9 Å². The Morgan fingerprint density at radius 3 is 2.33 bits per heavy atom. The van der Waals surface area contributed by atoms with Crippen LogP contribution in [0.5, 0.6) is 5.88 Å². The molecule has 0 unspecified atom stereocenters. The number of carbonyl (C=O) groups is 1. The van der Waals surface area contributed by atoms with Crippen molar-refractivity contribution in [3.63, 3.8) is 0 Å². The largest absolute Gasteiger partial charge is 0.471 e. The number of pyridine rings is 1. The zero-order valence-electron chi connectivity index (χ0n) is 26.3. The van der Waals surface area contributed by atoms with Gasteiger partial charge in [0.25, 0.3) is 5.88 Å². The Bertz CT molecular complexity index is 2070. The maximum atomic E-state index is 15.8. The van der Waals surface area contributed by atoms with Gasteiger partial charge in [0.2, 0.25) is 0 Å². The number of aromatic nitrogens is 3. The number of ether oxygens (including phenoxy) is 3. The first-order valence-electron chi connectivity index (χ1n) is 14.7. The van der Waals surface area contributed by atoms with E-state index in [1.165, 1.54) is 35.9 Å². The van der Waals surface area contributed by atoms with Crippen molar-refractivity contribution >= 4 is 17.0 Å². The third-order valence-electron chi connectivity index (χ3n) is 7.18. The lowest BCUT2D eigenvalue weighted by atomic mass is 10.0. The molecule has 248 valence electrons. The van der Waals surface area contributed by atoms with Crippen LogP contribution in [0.2, 0.25) is 0 Å². The van der Waals surface area contributed by atoms with Gasteiger partial charge in [-0.25, -0.2) is 36.7 Å². The molecule has 0 bridgehead atoms. The van der Waals surface area contributed by atoms with E-state index in [2.05, 4.69) is 9.97 Å². The van der Waals surface area contributed by atoms with E-state index in [4.69, 9.17) is 19.5 Å². The Kier molecular flexibility index (Phi) is 9.77. The second kappa shape index (κ2) is 13.8. The summed E-state index contributed by atoms with van der Waals surface area (Å²) in [6.45, 7) is 4.74. The monoisotopic (exact) mass is 664 g/mol. The van der Waals surface area contributed by atoms with Gasteiger partial charge in [0.15, 0.2) is 11.6 Å². The van der Waals surface area contributed by atoms with Crippen molar-refractivity contribution in [2.24, 2.45) is 0 Å². The lowest BCUT2D eigenvalue weighted by Crippen LogP contribution is -2.24. The summed E-state index contributed by atoms with van der Waals surface area (Å²) in [6, 6.07) is 12.1. The molecule has 2 aromatic heterocycles. The minimum Gasteiger partial charge on any atom is -0.471 e. The quantitative estimate of drug-likeness (QED) is 0.113. The smallest absolute Gasteiger partial charge is 0.341 e. The average Bonchev–Trinajstić information content (AvgIpc) is 3.38. The first kappa shape index (κ1) is 34.0. The highest BCUT2D eigenvalue weighted by atomic mass is 19.1. The molecule has 13 heteroatoms. The van der Waals surface area contributed by atoms with Crippen LogP contribution >= 0.6 is 0 Å². The summed E-state index contributed by atoms with van der Waals surface area (Å²) in [7, 11) is 1.44. The average molecular weight is 665 g/mol. The highest BCUT2D eigenvalue weighted by molar-refractivity contribution is 5.94. The van der Waals surface area contributed by atoms with Crippen LogP contribution < -0.4 is 4.74 Å². The van der Waals surface area contributed by atoms with Crippen LogP contribution in [0.3, 0.4) is 0 Å². The number of fused-ring (bicyclic) bond motifs is 1. The number of esters is 1. The molecule has 5 aromatic rings. The number of rotatable bonds is 10. The third-order valence-corrected chi connectivity index (χ3v) is 7.18. The van der Waals surface area contributed by atoms with Crippen molar-refractivity contribution < 1.29 is 41.0 Å². The Morgan fingerprint density at radius 2 is 1.65 bits per heavy atom. The molecule has 0 saturated carbocycles. The van der Waals surface area contributed by atoms with Crippen molar-refractivity contribution in [2.75, 3.05) is 13.7 Å². The van der Waals surface area contributed by atoms with Crippen LogP contribution in [0.1, 0.15) is 53.6 Å². The van der Waals surface area contributed by atoms with Crippen molar-refractivity contribution in [1.82, 2.24) is 14.5 Å². The van der Waals surface area contributed by atoms with Gasteiger partial charge in [0.1, 0.15) is 41.0 Å². The van der Waals surface area contributed by atoms with E-state index in [1.54, 1.807) is 26.8 Å². The molecular weight excluding hydrogens is 635 g/mol. The summed E-state index contributed by atoms with van der Waals surface area (Å²) < 4.78 is 92.9. The van der Waals surface area contributed by atoms with E-state index in [0.717, 1.165) is 30.3 Å². The molecule has 8 nitrogen and oxygen atoms in total. The molecule has 0 amide bonds. The minimum absolute atomic E-state index is 0.0214. The number of hydrogen-bond acceptors (Lipinski definition) is 7. The number of halogens is 5. The molecule has 0 aliphatic heterocycles. The maximum absolute atomic E-state index is 15.8. The van der Waals surface area contributed by atoms with Gasteiger partial charge in [-0.15, -0.1) is 0 Å². The van der Waals surface area contributed by atoms with Gasteiger partial charge in [-0.2, -0.15) is 5.26 Å². The second-order valence-corrected chi connectivity index (χ2v) is 11.8. The van der Waals surface area contributed by atoms with E-state index < -0.39 is 53.1 Å². The molecule has 48 heavy (non-hydrogen) atoms. The first-order valence-corrected chi connectivity index (χ1v) is 14.7. The Morgan fingerprint density at radius 1 is 0.896 bits per heavy atom. The van der Waals surface area contributed by atoms with Crippen molar-refractivity contribution in [3.8, 4) is 23.2 Å². The molecule has 0 N–H and O–H groups in total. The fourth-order valence-electron chi connectivity index (χ4n) is 4.92. The van der Waals surface area contributed by atoms with E-state index in [0.29, 0.717) is 0 Å². The predicted molar refractivity (Wildman–Crippen MR) is 165 cm³/mol. The van der Waals surface area contributed by atoms with Crippen LogP contribution in [-0.2, 0) is 29.0 Å². The van der Waals surface area contributed by atoms with Crippen LogP contribution in [0.15, 0.2) is 54.6 Å². The summed E-state index contributed by atoms with van der Waals surface area (Å²) in [5.41, 5.74) is -1.45. The van der Waals surface area contributed by atoms with Gasteiger partial charge in [-0.1, -0.05) is 6.07 Å². The molecule has 0 spiro atoms. The number of nitriles is 1. The Balaban J connectivity index is 1.45. The third kappa shape index (κ3) is 7.29. The number of nitrogens with zero attached hydrogens (tertiary/aromatic N) is 4. The minimum atomic E-state index is -0.915. The summed E-state index contributed by atoms with van der Waals surface area (Å²) in [4.78, 5) is 21.1. The molecule has 0 saturated heterocycles. The second-order valence-electron chi connectivity index (χ2n) is 11.8. The van der Waals surface area contributed by atoms with E-state index in [-0.39, 0.29) is 69.9 Å². The zero-order chi connectivity index (χ0) is 34.7.